The van der Waals surface area contributed by atoms with Gasteiger partial charge in [-0.2, -0.15) is 0 Å². The number of halogens is 2. The Balaban J connectivity index is 1.23. The predicted octanol–water partition coefficient (Wildman–Crippen LogP) is 9.21. The molecule has 0 atom stereocenters. The summed E-state index contributed by atoms with van der Waals surface area (Å²) in [5, 5.41) is -0.0301. The Morgan fingerprint density at radius 3 is 2.03 bits per heavy atom. The summed E-state index contributed by atoms with van der Waals surface area (Å²) in [5.74, 6) is 1.64. The molecule has 184 valence electrons. The lowest BCUT2D eigenvalue weighted by Gasteiger charge is -2.30. The first-order chi connectivity index (χ1) is 16.5. The number of rotatable bonds is 8. The average Bonchev–Trinajstić information content (AvgIpc) is 2.87. The monoisotopic (exact) mass is 484 g/mol. The molecule has 0 unspecified atom stereocenters. The van der Waals surface area contributed by atoms with Crippen molar-refractivity contribution in [3.05, 3.63) is 64.4 Å². The summed E-state index contributed by atoms with van der Waals surface area (Å²) in [7, 11) is 0. The third kappa shape index (κ3) is 6.62. The van der Waals surface area contributed by atoms with Crippen molar-refractivity contribution in [3.63, 3.8) is 0 Å². The van der Waals surface area contributed by atoms with Crippen LogP contribution >= 0.6 is 11.6 Å². The lowest BCUT2D eigenvalue weighted by Crippen LogP contribution is -2.25. The third-order valence-corrected chi connectivity index (χ3v) is 8.40. The summed E-state index contributed by atoms with van der Waals surface area (Å²) in [6, 6.07) is 13.4. The number of ether oxygens (including phenoxy) is 1. The molecule has 4 rings (SSSR count). The maximum Gasteiger partial charge on any atom is 0.314 e. The molecule has 2 aromatic carbocycles. The van der Waals surface area contributed by atoms with E-state index in [4.69, 9.17) is 16.3 Å². The van der Waals surface area contributed by atoms with Gasteiger partial charge in [-0.25, -0.2) is 4.39 Å². The van der Waals surface area contributed by atoms with Crippen LogP contribution in [0.25, 0.3) is 0 Å². The van der Waals surface area contributed by atoms with Gasteiger partial charge < -0.3 is 4.74 Å². The zero-order valence-electron chi connectivity index (χ0n) is 20.4. The number of hydrogen-bond acceptors (Lipinski definition) is 2. The van der Waals surface area contributed by atoms with Crippen molar-refractivity contribution in [2.75, 3.05) is 0 Å². The lowest BCUT2D eigenvalue weighted by atomic mass is 9.76. The molecule has 0 aliphatic heterocycles. The standard InChI is InChI=1S/C30H38ClFO2/c1-2-3-4-5-21-6-8-22(9-7-21)23-10-12-24(13-11-23)25-14-16-26(17-15-25)30(33)34-27-18-19-29(32)28(31)20-27/h10-13,18-22,25-26H,2-9,14-17H2,1H3. The highest BCUT2D eigenvalue weighted by molar-refractivity contribution is 6.30. The molecule has 2 saturated carbocycles. The summed E-state index contributed by atoms with van der Waals surface area (Å²) < 4.78 is 18.8. The highest BCUT2D eigenvalue weighted by atomic mass is 35.5. The first kappa shape index (κ1) is 25.2. The van der Waals surface area contributed by atoms with E-state index in [1.165, 1.54) is 80.7 Å². The first-order valence-corrected chi connectivity index (χ1v) is 13.7. The zero-order chi connectivity index (χ0) is 23.9. The largest absolute Gasteiger partial charge is 0.426 e. The molecule has 0 amide bonds. The van der Waals surface area contributed by atoms with Gasteiger partial charge in [0, 0.05) is 6.07 Å². The van der Waals surface area contributed by atoms with Gasteiger partial charge in [0.05, 0.1) is 10.9 Å². The molecular weight excluding hydrogens is 447 g/mol. The SMILES string of the molecule is CCCCCC1CCC(c2ccc(C3CCC(C(=O)Oc4ccc(F)c(Cl)c4)CC3)cc2)CC1. The van der Waals surface area contributed by atoms with Crippen LogP contribution in [0.5, 0.6) is 5.75 Å². The molecule has 0 bridgehead atoms. The summed E-state index contributed by atoms with van der Waals surface area (Å²) in [4.78, 5) is 12.6. The minimum absolute atomic E-state index is 0.0301. The molecule has 0 saturated heterocycles. The fourth-order valence-corrected chi connectivity index (χ4v) is 6.08. The molecule has 0 aromatic heterocycles. The molecule has 2 aliphatic carbocycles. The quantitative estimate of drug-likeness (QED) is 0.212. The second-order valence-electron chi connectivity index (χ2n) is 10.4. The predicted molar refractivity (Wildman–Crippen MR) is 137 cm³/mol. The number of carbonyl (C=O) groups excluding carboxylic acids is 1. The van der Waals surface area contributed by atoms with Crippen LogP contribution in [0.4, 0.5) is 4.39 Å². The van der Waals surface area contributed by atoms with Crippen LogP contribution in [-0.2, 0) is 4.79 Å². The summed E-state index contributed by atoms with van der Waals surface area (Å²) in [6.07, 6.45) is 14.6. The molecule has 2 aliphatic rings. The van der Waals surface area contributed by atoms with Crippen LogP contribution in [0.2, 0.25) is 5.02 Å². The van der Waals surface area contributed by atoms with E-state index in [1.54, 1.807) is 0 Å². The first-order valence-electron chi connectivity index (χ1n) is 13.3. The molecule has 0 heterocycles. The van der Waals surface area contributed by atoms with Gasteiger partial charge in [-0.15, -0.1) is 0 Å². The normalized spacial score (nSPS) is 25.1. The summed E-state index contributed by atoms with van der Waals surface area (Å²) in [6.45, 7) is 2.28. The molecule has 0 N–H and O–H groups in total. The highest BCUT2D eigenvalue weighted by Gasteiger charge is 2.29. The Morgan fingerprint density at radius 2 is 1.47 bits per heavy atom. The number of hydrogen-bond donors (Lipinski definition) is 0. The second kappa shape index (κ2) is 12.2. The van der Waals surface area contributed by atoms with Crippen molar-refractivity contribution >= 4 is 17.6 Å². The van der Waals surface area contributed by atoms with Crippen molar-refractivity contribution in [1.29, 1.82) is 0 Å². The van der Waals surface area contributed by atoms with E-state index in [9.17, 15) is 9.18 Å². The van der Waals surface area contributed by atoms with Crippen molar-refractivity contribution in [2.45, 2.75) is 95.8 Å². The van der Waals surface area contributed by atoms with E-state index in [0.29, 0.717) is 11.7 Å². The number of esters is 1. The Bertz CT molecular complexity index is 925. The Hall–Kier alpha value is -1.87. The molecule has 2 aromatic rings. The van der Waals surface area contributed by atoms with Crippen LogP contribution in [0, 0.1) is 17.7 Å². The van der Waals surface area contributed by atoms with Gasteiger partial charge in [0.15, 0.2) is 0 Å². The van der Waals surface area contributed by atoms with E-state index < -0.39 is 5.82 Å². The van der Waals surface area contributed by atoms with Gasteiger partial charge >= 0.3 is 5.97 Å². The minimum Gasteiger partial charge on any atom is -0.426 e. The topological polar surface area (TPSA) is 26.3 Å². The van der Waals surface area contributed by atoms with Crippen molar-refractivity contribution in [3.8, 4) is 5.75 Å². The number of benzene rings is 2. The number of carbonyl (C=O) groups is 1. The molecular formula is C30H38ClFO2. The highest BCUT2D eigenvalue weighted by Crippen LogP contribution is 2.40. The maximum atomic E-state index is 13.3. The van der Waals surface area contributed by atoms with Crippen LogP contribution in [0.3, 0.4) is 0 Å². The fraction of sp³-hybridized carbons (Fsp3) is 0.567. The Kier molecular flexibility index (Phi) is 9.05. The van der Waals surface area contributed by atoms with E-state index in [2.05, 4.69) is 31.2 Å². The van der Waals surface area contributed by atoms with Crippen molar-refractivity contribution in [2.24, 2.45) is 11.8 Å². The van der Waals surface area contributed by atoms with Crippen LogP contribution in [0.15, 0.2) is 42.5 Å². The van der Waals surface area contributed by atoms with Crippen molar-refractivity contribution in [1.82, 2.24) is 0 Å². The van der Waals surface area contributed by atoms with Crippen LogP contribution in [-0.4, -0.2) is 5.97 Å². The van der Waals surface area contributed by atoms with E-state index in [0.717, 1.165) is 37.5 Å². The van der Waals surface area contributed by atoms with Crippen LogP contribution < -0.4 is 4.74 Å². The molecule has 0 spiro atoms. The van der Waals surface area contributed by atoms with Gasteiger partial charge in [-0.3, -0.25) is 4.79 Å². The van der Waals surface area contributed by atoms with Gasteiger partial charge in [0.25, 0.3) is 0 Å². The van der Waals surface area contributed by atoms with Crippen molar-refractivity contribution < 1.29 is 13.9 Å². The van der Waals surface area contributed by atoms with Gasteiger partial charge in [-0.05, 0) is 92.4 Å². The molecule has 2 nitrogen and oxygen atoms in total. The maximum absolute atomic E-state index is 13.3. The van der Waals surface area contributed by atoms with E-state index in [1.807, 2.05) is 0 Å². The van der Waals surface area contributed by atoms with Gasteiger partial charge in [0.1, 0.15) is 11.6 Å². The molecule has 0 radical (unpaired) electrons. The number of unbranched alkanes of at least 4 members (excludes halogenated alkanes) is 2. The molecule has 2 fully saturated rings. The third-order valence-electron chi connectivity index (χ3n) is 8.11. The lowest BCUT2D eigenvalue weighted by molar-refractivity contribution is -0.140. The minimum atomic E-state index is -0.511. The summed E-state index contributed by atoms with van der Waals surface area (Å²) >= 11 is 5.79. The fourth-order valence-electron chi connectivity index (χ4n) is 5.91. The van der Waals surface area contributed by atoms with Gasteiger partial charge in [-0.1, -0.05) is 68.5 Å². The molecule has 34 heavy (non-hydrogen) atoms. The summed E-state index contributed by atoms with van der Waals surface area (Å²) in [5.41, 5.74) is 2.90. The van der Waals surface area contributed by atoms with E-state index in [-0.39, 0.29) is 16.9 Å². The average molecular weight is 485 g/mol. The zero-order valence-corrected chi connectivity index (χ0v) is 21.2. The second-order valence-corrected chi connectivity index (χ2v) is 10.8. The van der Waals surface area contributed by atoms with Crippen LogP contribution in [0.1, 0.15) is 107 Å². The van der Waals surface area contributed by atoms with Gasteiger partial charge in [0.2, 0.25) is 0 Å². The molecule has 4 heteroatoms. The Labute approximate surface area is 209 Å². The smallest absolute Gasteiger partial charge is 0.314 e. The Morgan fingerprint density at radius 1 is 0.882 bits per heavy atom. The van der Waals surface area contributed by atoms with E-state index >= 15 is 0 Å².